The number of carboxylic acid groups (broad SMARTS) is 1. The average Bonchev–Trinajstić information content (AvgIpc) is 2.55. The van der Waals surface area contributed by atoms with Gasteiger partial charge in [0, 0.05) is 33.4 Å². The van der Waals surface area contributed by atoms with Gasteiger partial charge in [-0.2, -0.15) is 0 Å². The maximum atomic E-state index is 12.3. The number of halogens is 2. The number of para-hydroxylation sites is 1. The summed E-state index contributed by atoms with van der Waals surface area (Å²) < 4.78 is 0. The molecule has 8 heteroatoms. The van der Waals surface area contributed by atoms with Crippen LogP contribution in [0.3, 0.4) is 0 Å². The number of benzene rings is 2. The van der Waals surface area contributed by atoms with Crippen LogP contribution in [0.1, 0.15) is 23.6 Å². The molecule has 26 heavy (non-hydrogen) atoms. The van der Waals surface area contributed by atoms with E-state index in [1.54, 1.807) is 24.3 Å². The van der Waals surface area contributed by atoms with E-state index in [4.69, 9.17) is 28.9 Å². The Morgan fingerprint density at radius 2 is 1.96 bits per heavy atom. The highest BCUT2D eigenvalue weighted by molar-refractivity contribution is 6.35. The second-order valence-electron chi connectivity index (χ2n) is 6.13. The molecule has 2 amide bonds. The fraction of sp³-hybridized carbons (Fsp3) is 0.222. The van der Waals surface area contributed by atoms with Crippen LogP contribution in [0.4, 0.5) is 16.2 Å². The number of carbonyl (C=O) groups is 2. The molecule has 0 aromatic heterocycles. The van der Waals surface area contributed by atoms with Crippen molar-refractivity contribution in [2.24, 2.45) is 5.73 Å². The van der Waals surface area contributed by atoms with Crippen molar-refractivity contribution in [1.82, 2.24) is 0 Å². The number of fused-ring (bicyclic) bond motifs is 1. The van der Waals surface area contributed by atoms with Gasteiger partial charge in [-0.15, -0.1) is 0 Å². The largest absolute Gasteiger partial charge is 0.480 e. The molecule has 4 N–H and O–H groups in total. The number of aliphatic carboxylic acids is 1. The predicted octanol–water partition coefficient (Wildman–Crippen LogP) is 4.20. The SMILES string of the molecule is Cc1ccccc1N(C(N)=O)C1CC(C(=O)O)Nc2cc(Cl)cc(Cl)c21. The van der Waals surface area contributed by atoms with Gasteiger partial charge in [0.15, 0.2) is 0 Å². The van der Waals surface area contributed by atoms with E-state index in [0.717, 1.165) is 5.56 Å². The molecule has 6 nitrogen and oxygen atoms in total. The number of nitrogens with zero attached hydrogens (tertiary/aromatic N) is 1. The first kappa shape index (κ1) is 18.4. The molecule has 2 unspecified atom stereocenters. The summed E-state index contributed by atoms with van der Waals surface area (Å²) in [4.78, 5) is 25.3. The van der Waals surface area contributed by atoms with Crippen LogP contribution in [-0.2, 0) is 4.79 Å². The molecule has 0 saturated carbocycles. The van der Waals surface area contributed by atoms with Gasteiger partial charge in [-0.3, -0.25) is 4.90 Å². The number of aryl methyl sites for hydroxylation is 1. The summed E-state index contributed by atoms with van der Waals surface area (Å²) in [5.74, 6) is -1.04. The van der Waals surface area contributed by atoms with E-state index in [1.165, 1.54) is 4.90 Å². The topological polar surface area (TPSA) is 95.7 Å². The second kappa shape index (κ2) is 7.05. The maximum Gasteiger partial charge on any atom is 0.326 e. The van der Waals surface area contributed by atoms with Gasteiger partial charge in [-0.05, 0) is 30.7 Å². The smallest absolute Gasteiger partial charge is 0.326 e. The van der Waals surface area contributed by atoms with Crippen LogP contribution in [0.5, 0.6) is 0 Å². The maximum absolute atomic E-state index is 12.3. The Bertz CT molecular complexity index is 888. The van der Waals surface area contributed by atoms with E-state index < -0.39 is 24.1 Å². The summed E-state index contributed by atoms with van der Waals surface area (Å²) in [6.07, 6.45) is 0.112. The number of rotatable bonds is 3. The van der Waals surface area contributed by atoms with Gasteiger partial charge in [-0.25, -0.2) is 9.59 Å². The van der Waals surface area contributed by atoms with Gasteiger partial charge in [0.2, 0.25) is 0 Å². The molecule has 1 heterocycles. The minimum atomic E-state index is -1.04. The van der Waals surface area contributed by atoms with Crippen molar-refractivity contribution in [3.8, 4) is 0 Å². The van der Waals surface area contributed by atoms with Crippen LogP contribution in [0.15, 0.2) is 36.4 Å². The van der Waals surface area contributed by atoms with Crippen LogP contribution in [0.2, 0.25) is 10.0 Å². The summed E-state index contributed by atoms with van der Waals surface area (Å²) in [6, 6.07) is 8.18. The average molecular weight is 394 g/mol. The molecule has 1 aliphatic rings. The third-order valence-electron chi connectivity index (χ3n) is 4.44. The van der Waals surface area contributed by atoms with Crippen molar-refractivity contribution in [2.45, 2.75) is 25.4 Å². The van der Waals surface area contributed by atoms with E-state index >= 15 is 0 Å². The minimum Gasteiger partial charge on any atom is -0.480 e. The Morgan fingerprint density at radius 1 is 1.27 bits per heavy atom. The Kier molecular flexibility index (Phi) is 4.98. The summed E-state index contributed by atoms with van der Waals surface area (Å²) >= 11 is 12.5. The number of nitrogens with one attached hydrogen (secondary N) is 1. The normalized spacial score (nSPS) is 18.6. The van der Waals surface area contributed by atoms with Crippen molar-refractivity contribution >= 4 is 46.6 Å². The third-order valence-corrected chi connectivity index (χ3v) is 4.97. The lowest BCUT2D eigenvalue weighted by atomic mass is 9.91. The molecule has 2 atom stereocenters. The van der Waals surface area contributed by atoms with E-state index in [0.29, 0.717) is 27.0 Å². The number of carboxylic acids is 1. The number of primary amides is 1. The van der Waals surface area contributed by atoms with Crippen LogP contribution >= 0.6 is 23.2 Å². The van der Waals surface area contributed by atoms with Gasteiger partial charge in [0.05, 0.1) is 6.04 Å². The molecular weight excluding hydrogens is 377 g/mol. The fourth-order valence-electron chi connectivity index (χ4n) is 3.30. The summed E-state index contributed by atoms with van der Waals surface area (Å²) in [5.41, 5.74) is 8.19. The standard InChI is InChI=1S/C18H17Cl2N3O3/c1-9-4-2-3-5-14(9)23(18(21)26)15-8-13(17(24)25)22-12-7-10(19)6-11(20)16(12)15/h2-7,13,15,22H,8H2,1H3,(H2,21,26)(H,24,25). The summed E-state index contributed by atoms with van der Waals surface area (Å²) in [7, 11) is 0. The highest BCUT2D eigenvalue weighted by atomic mass is 35.5. The number of urea groups is 1. The molecule has 2 aromatic rings. The van der Waals surface area contributed by atoms with Gasteiger partial charge in [0.25, 0.3) is 0 Å². The molecular formula is C18H17Cl2N3O3. The third kappa shape index (κ3) is 3.30. The molecule has 0 bridgehead atoms. The van der Waals surface area contributed by atoms with Crippen molar-refractivity contribution in [3.05, 3.63) is 57.6 Å². The van der Waals surface area contributed by atoms with E-state index in [2.05, 4.69) is 5.32 Å². The van der Waals surface area contributed by atoms with Crippen molar-refractivity contribution < 1.29 is 14.7 Å². The predicted molar refractivity (Wildman–Crippen MR) is 102 cm³/mol. The fourth-order valence-corrected chi connectivity index (χ4v) is 3.92. The van der Waals surface area contributed by atoms with Crippen LogP contribution in [-0.4, -0.2) is 23.1 Å². The quantitative estimate of drug-likeness (QED) is 0.727. The highest BCUT2D eigenvalue weighted by Gasteiger charge is 2.38. The first-order valence-corrected chi connectivity index (χ1v) is 8.67. The monoisotopic (exact) mass is 393 g/mol. The van der Waals surface area contributed by atoms with E-state index in [1.807, 2.05) is 19.1 Å². The van der Waals surface area contributed by atoms with Gasteiger partial charge in [0.1, 0.15) is 6.04 Å². The van der Waals surface area contributed by atoms with Crippen LogP contribution in [0.25, 0.3) is 0 Å². The molecule has 0 radical (unpaired) electrons. The van der Waals surface area contributed by atoms with E-state index in [-0.39, 0.29) is 6.42 Å². The molecule has 3 rings (SSSR count). The lowest BCUT2D eigenvalue weighted by molar-refractivity contribution is -0.138. The zero-order valence-corrected chi connectivity index (χ0v) is 15.4. The van der Waals surface area contributed by atoms with Crippen LogP contribution in [0, 0.1) is 6.92 Å². The minimum absolute atomic E-state index is 0.112. The number of nitrogens with two attached hydrogens (primary N) is 1. The van der Waals surface area contributed by atoms with Crippen molar-refractivity contribution in [3.63, 3.8) is 0 Å². The number of anilines is 2. The first-order valence-electron chi connectivity index (χ1n) is 7.92. The number of hydrogen-bond donors (Lipinski definition) is 3. The van der Waals surface area contributed by atoms with Crippen molar-refractivity contribution in [1.29, 1.82) is 0 Å². The zero-order valence-electron chi connectivity index (χ0n) is 13.9. The number of carbonyl (C=O) groups excluding carboxylic acids is 1. The molecule has 0 spiro atoms. The Hall–Kier alpha value is -2.44. The van der Waals surface area contributed by atoms with Crippen molar-refractivity contribution in [2.75, 3.05) is 10.2 Å². The molecule has 1 aliphatic heterocycles. The molecule has 0 aliphatic carbocycles. The lowest BCUT2D eigenvalue weighted by Gasteiger charge is -2.38. The summed E-state index contributed by atoms with van der Waals surface area (Å²) in [5, 5.41) is 13.1. The highest BCUT2D eigenvalue weighted by Crippen LogP contribution is 2.44. The van der Waals surface area contributed by atoms with Gasteiger partial charge >= 0.3 is 12.0 Å². The van der Waals surface area contributed by atoms with Gasteiger partial charge < -0.3 is 16.2 Å². The second-order valence-corrected chi connectivity index (χ2v) is 6.97. The van der Waals surface area contributed by atoms with Crippen LogP contribution < -0.4 is 16.0 Å². The molecule has 0 fully saturated rings. The Balaban J connectivity index is 2.20. The molecule has 0 saturated heterocycles. The first-order chi connectivity index (χ1) is 12.3. The number of hydrogen-bond acceptors (Lipinski definition) is 3. The molecule has 2 aromatic carbocycles. The molecule has 136 valence electrons. The summed E-state index contributed by atoms with van der Waals surface area (Å²) in [6.45, 7) is 1.85. The lowest BCUT2D eigenvalue weighted by Crippen LogP contribution is -2.46. The Morgan fingerprint density at radius 3 is 2.58 bits per heavy atom. The van der Waals surface area contributed by atoms with Gasteiger partial charge in [-0.1, -0.05) is 41.4 Å². The van der Waals surface area contributed by atoms with E-state index in [9.17, 15) is 14.7 Å². The number of amides is 2. The zero-order chi connectivity index (χ0) is 19.0. The Labute approximate surface area is 160 Å².